The first kappa shape index (κ1) is 21.8. The Morgan fingerprint density at radius 3 is 2.60 bits per heavy atom. The highest BCUT2D eigenvalue weighted by atomic mass is 16.1. The Balaban J connectivity index is 1.45. The van der Waals surface area contributed by atoms with E-state index in [1.165, 1.54) is 57.8 Å². The van der Waals surface area contributed by atoms with E-state index in [0.29, 0.717) is 11.7 Å². The number of hydrogen-bond acceptors (Lipinski definition) is 1. The third-order valence-electron chi connectivity index (χ3n) is 8.37. The maximum absolute atomic E-state index is 12.6. The second-order valence-corrected chi connectivity index (χ2v) is 10.8. The fraction of sp³-hybridized carbons (Fsp3) is 0.690. The van der Waals surface area contributed by atoms with Gasteiger partial charge in [0.1, 0.15) is 5.78 Å². The zero-order valence-corrected chi connectivity index (χ0v) is 19.6. The third kappa shape index (κ3) is 4.76. The van der Waals surface area contributed by atoms with E-state index in [0.717, 1.165) is 43.4 Å². The summed E-state index contributed by atoms with van der Waals surface area (Å²) in [5, 5.41) is 0. The van der Waals surface area contributed by atoms with Crippen LogP contribution in [0.3, 0.4) is 0 Å². The van der Waals surface area contributed by atoms with Gasteiger partial charge < -0.3 is 0 Å². The first-order chi connectivity index (χ1) is 14.6. The predicted molar refractivity (Wildman–Crippen MR) is 128 cm³/mol. The molecule has 0 spiro atoms. The van der Waals surface area contributed by atoms with Crippen LogP contribution in [0.5, 0.6) is 0 Å². The van der Waals surface area contributed by atoms with Crippen molar-refractivity contribution in [3.63, 3.8) is 0 Å². The van der Waals surface area contributed by atoms with Crippen LogP contribution < -0.4 is 0 Å². The minimum Gasteiger partial charge on any atom is -0.300 e. The number of hydrogen-bond donors (Lipinski definition) is 0. The number of benzene rings is 1. The quantitative estimate of drug-likeness (QED) is 0.380. The van der Waals surface area contributed by atoms with Crippen LogP contribution in [0.25, 0.3) is 5.57 Å². The van der Waals surface area contributed by atoms with Crippen molar-refractivity contribution in [2.75, 3.05) is 0 Å². The summed E-state index contributed by atoms with van der Waals surface area (Å²) in [5.74, 6) is 3.63. The summed E-state index contributed by atoms with van der Waals surface area (Å²) in [4.78, 5) is 12.6. The van der Waals surface area contributed by atoms with Crippen LogP contribution in [0.2, 0.25) is 0 Å². The maximum Gasteiger partial charge on any atom is 0.133 e. The molecule has 0 N–H and O–H groups in total. The SMILES string of the molecule is CCCCCC(=O)CC1CCC2=C1c1c(cccc1CC1CCC(C(C)C)CC1)C2. The van der Waals surface area contributed by atoms with Crippen molar-refractivity contribution in [2.24, 2.45) is 23.7 Å². The highest BCUT2D eigenvalue weighted by Crippen LogP contribution is 2.50. The Morgan fingerprint density at radius 2 is 1.87 bits per heavy atom. The lowest BCUT2D eigenvalue weighted by atomic mass is 9.74. The summed E-state index contributed by atoms with van der Waals surface area (Å²) in [6, 6.07) is 7.05. The summed E-state index contributed by atoms with van der Waals surface area (Å²) in [6.07, 6.45) is 15.5. The Morgan fingerprint density at radius 1 is 1.07 bits per heavy atom. The van der Waals surface area contributed by atoms with Gasteiger partial charge in [0.25, 0.3) is 0 Å². The van der Waals surface area contributed by atoms with Gasteiger partial charge in [0, 0.05) is 12.8 Å². The van der Waals surface area contributed by atoms with Gasteiger partial charge >= 0.3 is 0 Å². The Kier molecular flexibility index (Phi) is 7.16. The molecule has 0 amide bonds. The van der Waals surface area contributed by atoms with Crippen molar-refractivity contribution in [1.29, 1.82) is 0 Å². The molecule has 1 nitrogen and oxygen atoms in total. The standard InChI is InChI=1S/C29H42O/c1-4-5-6-10-27(30)19-26-16-15-25-18-24-9-7-8-23(28(24)29(25)26)17-21-11-13-22(14-12-21)20(2)3/h7-9,20-22,26H,4-6,10-19H2,1-3H3. The molecule has 0 radical (unpaired) electrons. The molecular formula is C29H42O. The smallest absolute Gasteiger partial charge is 0.133 e. The zero-order valence-electron chi connectivity index (χ0n) is 19.6. The van der Waals surface area contributed by atoms with Crippen molar-refractivity contribution >= 4 is 11.4 Å². The number of fused-ring (bicyclic) bond motifs is 2. The summed E-state index contributed by atoms with van der Waals surface area (Å²) in [7, 11) is 0. The van der Waals surface area contributed by atoms with Gasteiger partial charge in [-0.2, -0.15) is 0 Å². The average molecular weight is 407 g/mol. The van der Waals surface area contributed by atoms with Crippen LogP contribution in [0.4, 0.5) is 0 Å². The van der Waals surface area contributed by atoms with Gasteiger partial charge in [-0.1, -0.05) is 57.4 Å². The van der Waals surface area contributed by atoms with Crippen molar-refractivity contribution in [3.05, 3.63) is 40.5 Å². The largest absolute Gasteiger partial charge is 0.300 e. The zero-order chi connectivity index (χ0) is 21.1. The normalized spacial score (nSPS) is 25.7. The van der Waals surface area contributed by atoms with E-state index in [4.69, 9.17) is 0 Å². The van der Waals surface area contributed by atoms with E-state index in [2.05, 4.69) is 39.0 Å². The highest BCUT2D eigenvalue weighted by Gasteiger charge is 2.35. The summed E-state index contributed by atoms with van der Waals surface area (Å²) >= 11 is 0. The predicted octanol–water partition coefficient (Wildman–Crippen LogP) is 7.95. The second kappa shape index (κ2) is 9.84. The van der Waals surface area contributed by atoms with Gasteiger partial charge in [-0.05, 0) is 104 Å². The Hall–Kier alpha value is -1.37. The van der Waals surface area contributed by atoms with E-state index in [1.54, 1.807) is 27.8 Å². The number of Topliss-reactive ketones (excluding diaryl/α,β-unsaturated/α-hetero) is 1. The topological polar surface area (TPSA) is 17.1 Å². The van der Waals surface area contributed by atoms with Gasteiger partial charge in [-0.3, -0.25) is 4.79 Å². The molecule has 1 fully saturated rings. The Bertz CT molecular complexity index is 776. The molecule has 0 heterocycles. The van der Waals surface area contributed by atoms with Gasteiger partial charge in [0.15, 0.2) is 0 Å². The average Bonchev–Trinajstić information content (AvgIpc) is 3.29. The van der Waals surface area contributed by atoms with Crippen molar-refractivity contribution < 1.29 is 4.79 Å². The van der Waals surface area contributed by atoms with Gasteiger partial charge in [0.2, 0.25) is 0 Å². The first-order valence-corrected chi connectivity index (χ1v) is 12.9. The number of rotatable bonds is 9. The van der Waals surface area contributed by atoms with Crippen LogP contribution in [-0.4, -0.2) is 5.78 Å². The number of unbranched alkanes of at least 4 members (excludes halogenated alkanes) is 2. The third-order valence-corrected chi connectivity index (χ3v) is 8.37. The maximum atomic E-state index is 12.6. The molecule has 3 aliphatic carbocycles. The van der Waals surface area contributed by atoms with E-state index in [9.17, 15) is 4.79 Å². The van der Waals surface area contributed by atoms with Gasteiger partial charge in [-0.25, -0.2) is 0 Å². The first-order valence-electron chi connectivity index (χ1n) is 12.9. The molecule has 1 aromatic rings. The molecule has 1 aromatic carbocycles. The molecule has 3 aliphatic rings. The number of carbonyl (C=O) groups is 1. The molecule has 0 aliphatic heterocycles. The summed E-state index contributed by atoms with van der Waals surface area (Å²) in [5.41, 5.74) is 8.00. The second-order valence-electron chi connectivity index (χ2n) is 10.8. The van der Waals surface area contributed by atoms with Crippen molar-refractivity contribution in [1.82, 2.24) is 0 Å². The molecule has 30 heavy (non-hydrogen) atoms. The van der Waals surface area contributed by atoms with E-state index >= 15 is 0 Å². The van der Waals surface area contributed by atoms with Gasteiger partial charge in [0.05, 0.1) is 0 Å². The van der Waals surface area contributed by atoms with E-state index < -0.39 is 0 Å². The minimum absolute atomic E-state index is 0.494. The summed E-state index contributed by atoms with van der Waals surface area (Å²) in [6.45, 7) is 7.00. The van der Waals surface area contributed by atoms with Crippen LogP contribution >= 0.6 is 0 Å². The minimum atomic E-state index is 0.494. The molecule has 1 saturated carbocycles. The van der Waals surface area contributed by atoms with E-state index in [-0.39, 0.29) is 0 Å². The number of allylic oxidation sites excluding steroid dienone is 2. The molecule has 0 aromatic heterocycles. The fourth-order valence-electron chi connectivity index (χ4n) is 6.55. The Labute approximate surface area is 184 Å². The lowest BCUT2D eigenvalue weighted by molar-refractivity contribution is -0.119. The lowest BCUT2D eigenvalue weighted by Crippen LogP contribution is -2.20. The molecule has 164 valence electrons. The lowest BCUT2D eigenvalue weighted by Gasteiger charge is -2.31. The monoisotopic (exact) mass is 406 g/mol. The summed E-state index contributed by atoms with van der Waals surface area (Å²) < 4.78 is 0. The molecule has 4 rings (SSSR count). The van der Waals surface area contributed by atoms with E-state index in [1.807, 2.05) is 0 Å². The molecule has 1 heteroatoms. The molecule has 0 saturated heterocycles. The fourth-order valence-corrected chi connectivity index (χ4v) is 6.55. The van der Waals surface area contributed by atoms with Crippen LogP contribution in [0.1, 0.15) is 108 Å². The molecule has 1 unspecified atom stereocenters. The number of carbonyl (C=O) groups excluding carboxylic acids is 1. The van der Waals surface area contributed by atoms with Crippen molar-refractivity contribution in [3.8, 4) is 0 Å². The van der Waals surface area contributed by atoms with Crippen LogP contribution in [-0.2, 0) is 17.6 Å². The van der Waals surface area contributed by atoms with Crippen LogP contribution in [0, 0.1) is 23.7 Å². The highest BCUT2D eigenvalue weighted by molar-refractivity contribution is 5.86. The molecular weight excluding hydrogens is 364 g/mol. The number of ketones is 1. The van der Waals surface area contributed by atoms with Crippen molar-refractivity contribution in [2.45, 2.75) is 104 Å². The molecule has 1 atom stereocenters. The van der Waals surface area contributed by atoms with Gasteiger partial charge in [-0.15, -0.1) is 0 Å². The molecule has 0 bridgehead atoms. The van der Waals surface area contributed by atoms with Crippen LogP contribution in [0.15, 0.2) is 23.8 Å².